The fraction of sp³-hybridized carbons (Fsp3) is 0.292. The summed E-state index contributed by atoms with van der Waals surface area (Å²) in [6.45, 7) is 4.46. The van der Waals surface area contributed by atoms with Crippen LogP contribution in [0.15, 0.2) is 53.6 Å². The van der Waals surface area contributed by atoms with Gasteiger partial charge in [0.1, 0.15) is 5.82 Å². The maximum absolute atomic E-state index is 12.6. The van der Waals surface area contributed by atoms with Crippen LogP contribution in [0, 0.1) is 0 Å². The van der Waals surface area contributed by atoms with Crippen molar-refractivity contribution in [2.45, 2.75) is 17.9 Å². The highest BCUT2D eigenvalue weighted by molar-refractivity contribution is 7.85. The second kappa shape index (κ2) is 9.75. The second-order valence-corrected chi connectivity index (χ2v) is 10.7. The zero-order chi connectivity index (χ0) is 23.7. The summed E-state index contributed by atoms with van der Waals surface area (Å²) >= 11 is 1.62. The molecule has 0 radical (unpaired) electrons. The number of pyridine rings is 1. The number of aliphatic hydroxyl groups is 1. The Labute approximate surface area is 203 Å². The van der Waals surface area contributed by atoms with Gasteiger partial charge in [0.25, 0.3) is 0 Å². The van der Waals surface area contributed by atoms with Crippen molar-refractivity contribution < 1.29 is 14.1 Å². The predicted octanol–water partition coefficient (Wildman–Crippen LogP) is 3.33. The Hall–Kier alpha value is -2.92. The summed E-state index contributed by atoms with van der Waals surface area (Å²) in [5.74, 6) is 2.13. The molecular formula is C24H25N5O3S2. The number of aliphatic hydroxyl groups excluding tert-OH is 1. The number of benzene rings is 1. The van der Waals surface area contributed by atoms with E-state index in [2.05, 4.69) is 16.0 Å². The van der Waals surface area contributed by atoms with Crippen LogP contribution in [0.1, 0.15) is 6.92 Å². The van der Waals surface area contributed by atoms with Gasteiger partial charge in [0.2, 0.25) is 0 Å². The van der Waals surface area contributed by atoms with E-state index in [0.29, 0.717) is 29.8 Å². The van der Waals surface area contributed by atoms with Crippen LogP contribution in [0.3, 0.4) is 0 Å². The molecule has 1 unspecified atom stereocenters. The van der Waals surface area contributed by atoms with Crippen molar-refractivity contribution >= 4 is 44.0 Å². The molecule has 34 heavy (non-hydrogen) atoms. The van der Waals surface area contributed by atoms with Crippen LogP contribution in [-0.4, -0.2) is 62.4 Å². The number of rotatable bonds is 6. The molecule has 3 aromatic heterocycles. The van der Waals surface area contributed by atoms with Gasteiger partial charge >= 0.3 is 0 Å². The number of aromatic nitrogens is 3. The minimum atomic E-state index is -1.27. The average Bonchev–Trinajstić information content (AvgIpc) is 3.28. The molecule has 1 aliphatic heterocycles. The van der Waals surface area contributed by atoms with Crippen molar-refractivity contribution in [3.63, 3.8) is 0 Å². The molecule has 3 N–H and O–H groups in total. The molecule has 0 amide bonds. The van der Waals surface area contributed by atoms with Gasteiger partial charge < -0.3 is 20.5 Å². The van der Waals surface area contributed by atoms with E-state index in [-0.39, 0.29) is 5.75 Å². The second-order valence-electron chi connectivity index (χ2n) is 8.16. The SMILES string of the molecule is C[C@H](O)CS(=O)c1cccc(-c2cc3nc(-c4ccc(N)nc4)nc(N4CCOCC4)c3s2)c1. The number of hydrogen-bond acceptors (Lipinski definition) is 9. The molecule has 10 heteroatoms. The van der Waals surface area contributed by atoms with Gasteiger partial charge in [-0.2, -0.15) is 0 Å². The molecule has 1 fully saturated rings. The van der Waals surface area contributed by atoms with Gasteiger partial charge in [-0.1, -0.05) is 12.1 Å². The number of fused-ring (bicyclic) bond motifs is 1. The molecule has 176 valence electrons. The summed E-state index contributed by atoms with van der Waals surface area (Å²) in [6, 6.07) is 13.3. The molecular weight excluding hydrogens is 470 g/mol. The molecule has 1 aromatic carbocycles. The Balaban J connectivity index is 1.60. The number of nitrogens with zero attached hydrogens (tertiary/aromatic N) is 4. The molecule has 4 heterocycles. The molecule has 1 aliphatic rings. The lowest BCUT2D eigenvalue weighted by Gasteiger charge is -2.28. The quantitative estimate of drug-likeness (QED) is 0.419. The third kappa shape index (κ3) is 4.80. The number of anilines is 2. The maximum Gasteiger partial charge on any atom is 0.163 e. The molecule has 0 aliphatic carbocycles. The molecule has 0 spiro atoms. The highest BCUT2D eigenvalue weighted by Crippen LogP contribution is 2.39. The fourth-order valence-corrected chi connectivity index (χ4v) is 6.05. The summed E-state index contributed by atoms with van der Waals surface area (Å²) in [7, 11) is -1.27. The molecule has 1 saturated heterocycles. The van der Waals surface area contributed by atoms with Gasteiger partial charge in [-0.05, 0) is 42.8 Å². The molecule has 8 nitrogen and oxygen atoms in total. The van der Waals surface area contributed by atoms with E-state index in [1.165, 1.54) is 0 Å². The Bertz CT molecular complexity index is 1330. The lowest BCUT2D eigenvalue weighted by Crippen LogP contribution is -2.36. The Morgan fingerprint density at radius 1 is 1.18 bits per heavy atom. The molecule has 4 aromatic rings. The highest BCUT2D eigenvalue weighted by atomic mass is 32.2. The molecule has 0 bridgehead atoms. The van der Waals surface area contributed by atoms with Crippen LogP contribution in [-0.2, 0) is 15.5 Å². The van der Waals surface area contributed by atoms with Crippen molar-refractivity contribution in [2.75, 3.05) is 42.7 Å². The predicted molar refractivity (Wildman–Crippen MR) is 136 cm³/mol. The van der Waals surface area contributed by atoms with Gasteiger partial charge in [0.15, 0.2) is 11.6 Å². The number of hydrogen-bond donors (Lipinski definition) is 2. The smallest absolute Gasteiger partial charge is 0.163 e. The van der Waals surface area contributed by atoms with Gasteiger partial charge in [-0.15, -0.1) is 11.3 Å². The number of nitrogens with two attached hydrogens (primary N) is 1. The lowest BCUT2D eigenvalue weighted by atomic mass is 10.2. The Morgan fingerprint density at radius 2 is 2.00 bits per heavy atom. The first kappa shape index (κ1) is 22.9. The minimum absolute atomic E-state index is 0.210. The first-order chi connectivity index (χ1) is 16.5. The number of ether oxygens (including phenoxy) is 1. The molecule has 0 saturated carbocycles. The fourth-order valence-electron chi connectivity index (χ4n) is 3.82. The van der Waals surface area contributed by atoms with E-state index in [1.54, 1.807) is 30.5 Å². The van der Waals surface area contributed by atoms with Crippen molar-refractivity contribution in [2.24, 2.45) is 0 Å². The summed E-state index contributed by atoms with van der Waals surface area (Å²) in [5.41, 5.74) is 8.37. The van der Waals surface area contributed by atoms with Gasteiger partial charge in [0.05, 0.1) is 46.1 Å². The van der Waals surface area contributed by atoms with Crippen LogP contribution < -0.4 is 10.6 Å². The topological polar surface area (TPSA) is 114 Å². The third-order valence-corrected chi connectivity index (χ3v) is 8.22. The summed E-state index contributed by atoms with van der Waals surface area (Å²) in [6.07, 6.45) is 1.06. The van der Waals surface area contributed by atoms with Gasteiger partial charge in [0, 0.05) is 34.6 Å². The van der Waals surface area contributed by atoms with Crippen LogP contribution in [0.4, 0.5) is 11.6 Å². The summed E-state index contributed by atoms with van der Waals surface area (Å²) in [4.78, 5) is 17.9. The van der Waals surface area contributed by atoms with Crippen LogP contribution in [0.5, 0.6) is 0 Å². The Morgan fingerprint density at radius 3 is 2.74 bits per heavy atom. The van der Waals surface area contributed by atoms with Crippen molar-refractivity contribution in [3.05, 3.63) is 48.7 Å². The normalized spacial score (nSPS) is 16.0. The molecule has 2 atom stereocenters. The van der Waals surface area contributed by atoms with E-state index < -0.39 is 16.9 Å². The van der Waals surface area contributed by atoms with E-state index >= 15 is 0 Å². The lowest BCUT2D eigenvalue weighted by molar-refractivity contribution is 0.122. The highest BCUT2D eigenvalue weighted by Gasteiger charge is 2.21. The summed E-state index contributed by atoms with van der Waals surface area (Å²) < 4.78 is 19.1. The van der Waals surface area contributed by atoms with Crippen molar-refractivity contribution in [1.29, 1.82) is 0 Å². The van der Waals surface area contributed by atoms with Crippen molar-refractivity contribution in [1.82, 2.24) is 15.0 Å². The first-order valence-electron chi connectivity index (χ1n) is 11.0. The van der Waals surface area contributed by atoms with Gasteiger partial charge in [-0.25, -0.2) is 15.0 Å². The standard InChI is InChI=1S/C24H25N5O3S2/c1-15(30)14-34(31)18-4-2-3-16(11-18)20-12-19-22(33-20)24(29-7-9-32-10-8-29)28-23(27-19)17-5-6-21(25)26-13-17/h2-6,11-13,15,30H,7-10,14H2,1H3,(H2,25,26)/t15-,34?/m0/s1. The van der Waals surface area contributed by atoms with Crippen LogP contribution in [0.25, 0.3) is 32.0 Å². The van der Waals surface area contributed by atoms with Crippen LogP contribution >= 0.6 is 11.3 Å². The van der Waals surface area contributed by atoms with E-state index in [9.17, 15) is 9.32 Å². The van der Waals surface area contributed by atoms with Crippen molar-refractivity contribution in [3.8, 4) is 21.8 Å². The number of nitrogen functional groups attached to an aromatic ring is 1. The average molecular weight is 496 g/mol. The number of morpholine rings is 1. The maximum atomic E-state index is 12.6. The zero-order valence-electron chi connectivity index (χ0n) is 18.7. The zero-order valence-corrected chi connectivity index (χ0v) is 20.3. The monoisotopic (exact) mass is 495 g/mol. The first-order valence-corrected chi connectivity index (χ1v) is 13.1. The minimum Gasteiger partial charge on any atom is -0.392 e. The van der Waals surface area contributed by atoms with Crippen LogP contribution in [0.2, 0.25) is 0 Å². The third-order valence-electron chi connectivity index (χ3n) is 5.48. The largest absolute Gasteiger partial charge is 0.392 e. The molecule has 5 rings (SSSR count). The van der Waals surface area contributed by atoms with E-state index in [1.807, 2.05) is 30.3 Å². The van der Waals surface area contributed by atoms with E-state index in [4.69, 9.17) is 20.4 Å². The van der Waals surface area contributed by atoms with E-state index in [0.717, 1.165) is 45.1 Å². The number of thiophene rings is 1. The Kier molecular flexibility index (Phi) is 6.55. The van der Waals surface area contributed by atoms with Gasteiger partial charge in [-0.3, -0.25) is 4.21 Å². The summed E-state index contributed by atoms with van der Waals surface area (Å²) in [5, 5.41) is 9.62.